The van der Waals surface area contributed by atoms with Crippen LogP contribution in [0.4, 0.5) is 0 Å². The van der Waals surface area contributed by atoms with Crippen LogP contribution in [0.3, 0.4) is 0 Å². The van der Waals surface area contributed by atoms with Gasteiger partial charge in [-0.1, -0.05) is 29.3 Å². The number of benzene rings is 1. The molecule has 1 unspecified atom stereocenters. The molecule has 1 saturated heterocycles. The number of amides is 1. The first-order valence-electron chi connectivity index (χ1n) is 9.97. The lowest BCUT2D eigenvalue weighted by Crippen LogP contribution is -2.42. The third-order valence-corrected chi connectivity index (χ3v) is 6.14. The fourth-order valence-electron chi connectivity index (χ4n) is 3.81. The van der Waals surface area contributed by atoms with Crippen molar-refractivity contribution in [2.75, 3.05) is 32.8 Å². The molecule has 0 saturated carbocycles. The van der Waals surface area contributed by atoms with Gasteiger partial charge in [0.2, 0.25) is 5.91 Å². The van der Waals surface area contributed by atoms with E-state index >= 15 is 0 Å². The Morgan fingerprint density at radius 3 is 2.36 bits per heavy atom. The number of carbonyl (C=O) groups is 3. The minimum atomic E-state index is -1.44. The zero-order chi connectivity index (χ0) is 24.3. The number of carboxylic acids is 2. The van der Waals surface area contributed by atoms with E-state index in [1.165, 1.54) is 13.1 Å². The summed E-state index contributed by atoms with van der Waals surface area (Å²) in [5.74, 6) is -5.08. The number of carboxylic acid groups (broad SMARTS) is 2. The molecule has 1 aliphatic heterocycles. The molecule has 0 aliphatic carbocycles. The average Bonchev–Trinajstić information content (AvgIpc) is 3.05. The number of morpholine rings is 1. The fourth-order valence-corrected chi connectivity index (χ4v) is 4.13. The molecular formula is C21H23Cl2N3O7. The van der Waals surface area contributed by atoms with Crippen molar-refractivity contribution in [2.45, 2.75) is 12.5 Å². The molecule has 178 valence electrons. The van der Waals surface area contributed by atoms with E-state index in [1.807, 2.05) is 4.90 Å². The quantitative estimate of drug-likeness (QED) is 0.476. The second-order valence-electron chi connectivity index (χ2n) is 7.51. The van der Waals surface area contributed by atoms with E-state index in [1.54, 1.807) is 12.1 Å². The van der Waals surface area contributed by atoms with Gasteiger partial charge in [0.1, 0.15) is 12.2 Å². The van der Waals surface area contributed by atoms with Crippen LogP contribution in [0.2, 0.25) is 10.0 Å². The molecule has 1 aromatic heterocycles. The predicted molar refractivity (Wildman–Crippen MR) is 119 cm³/mol. The molecule has 1 aliphatic rings. The summed E-state index contributed by atoms with van der Waals surface area (Å²) in [6.45, 7) is 1.92. The maximum Gasteiger partial charge on any atom is 0.356 e. The SMILES string of the molecule is Cn1c(C(=O)O)c(OCc2ccc(Cl)c(Cl)c2)c(C(=O)O)c1C(CN1CCOCC1)C(N)=O. The molecule has 0 radical (unpaired) electrons. The Morgan fingerprint density at radius 2 is 1.82 bits per heavy atom. The van der Waals surface area contributed by atoms with E-state index < -0.39 is 35.0 Å². The summed E-state index contributed by atoms with van der Waals surface area (Å²) in [5.41, 5.74) is 5.31. The van der Waals surface area contributed by atoms with E-state index in [0.29, 0.717) is 36.9 Å². The molecule has 2 aromatic rings. The summed E-state index contributed by atoms with van der Waals surface area (Å²) in [4.78, 5) is 38.6. The Labute approximate surface area is 199 Å². The molecule has 1 amide bonds. The third-order valence-electron chi connectivity index (χ3n) is 5.40. The Hall–Kier alpha value is -2.79. The van der Waals surface area contributed by atoms with Crippen molar-refractivity contribution >= 4 is 41.0 Å². The molecular weight excluding hydrogens is 477 g/mol. The standard InChI is InChI=1S/C21H23Cl2N3O7/c1-25-16(12(19(24)27)9-26-4-6-32-7-5-26)15(20(28)29)18(17(25)21(30)31)33-10-11-2-3-13(22)14(23)8-11/h2-3,8,12H,4-7,9-10H2,1H3,(H2,24,27)(H,28,29)(H,30,31). The highest BCUT2D eigenvalue weighted by atomic mass is 35.5. The van der Waals surface area contributed by atoms with Crippen LogP contribution in [-0.2, 0) is 23.2 Å². The monoisotopic (exact) mass is 499 g/mol. The van der Waals surface area contributed by atoms with Crippen molar-refractivity contribution < 1.29 is 34.1 Å². The van der Waals surface area contributed by atoms with Crippen LogP contribution in [0, 0.1) is 0 Å². The van der Waals surface area contributed by atoms with Gasteiger partial charge in [-0.15, -0.1) is 0 Å². The maximum atomic E-state index is 12.4. The summed E-state index contributed by atoms with van der Waals surface area (Å²) in [6.07, 6.45) is 0. The molecule has 10 nitrogen and oxygen atoms in total. The lowest BCUT2D eigenvalue weighted by Gasteiger charge is -2.29. The first-order valence-corrected chi connectivity index (χ1v) is 10.7. The largest absolute Gasteiger partial charge is 0.485 e. The van der Waals surface area contributed by atoms with Crippen molar-refractivity contribution in [2.24, 2.45) is 12.8 Å². The van der Waals surface area contributed by atoms with Crippen molar-refractivity contribution in [3.05, 3.63) is 50.8 Å². The number of aromatic carboxylic acids is 2. The van der Waals surface area contributed by atoms with Crippen molar-refractivity contribution in [1.29, 1.82) is 0 Å². The van der Waals surface area contributed by atoms with Gasteiger partial charge >= 0.3 is 11.9 Å². The lowest BCUT2D eigenvalue weighted by atomic mass is 9.99. The minimum Gasteiger partial charge on any atom is -0.485 e. The number of rotatable bonds is 9. The number of hydrogen-bond donors (Lipinski definition) is 3. The van der Waals surface area contributed by atoms with E-state index in [-0.39, 0.29) is 29.6 Å². The van der Waals surface area contributed by atoms with E-state index in [2.05, 4.69) is 0 Å². The van der Waals surface area contributed by atoms with Crippen molar-refractivity contribution in [3.63, 3.8) is 0 Å². The van der Waals surface area contributed by atoms with E-state index in [4.69, 9.17) is 38.4 Å². The normalized spacial score (nSPS) is 15.2. The van der Waals surface area contributed by atoms with Gasteiger partial charge in [-0.2, -0.15) is 0 Å². The van der Waals surface area contributed by atoms with Crippen molar-refractivity contribution in [1.82, 2.24) is 9.47 Å². The summed E-state index contributed by atoms with van der Waals surface area (Å²) in [5, 5.41) is 20.4. The smallest absolute Gasteiger partial charge is 0.356 e. The van der Waals surface area contributed by atoms with Crippen LogP contribution >= 0.6 is 23.2 Å². The summed E-state index contributed by atoms with van der Waals surface area (Å²) < 4.78 is 12.1. The first kappa shape index (κ1) is 24.8. The highest BCUT2D eigenvalue weighted by Gasteiger charge is 2.37. The number of primary amides is 1. The number of halogens is 2. The van der Waals surface area contributed by atoms with Gasteiger partial charge in [0.05, 0.1) is 34.9 Å². The van der Waals surface area contributed by atoms with Crippen molar-refractivity contribution in [3.8, 4) is 5.75 Å². The second kappa shape index (κ2) is 10.4. The average molecular weight is 500 g/mol. The second-order valence-corrected chi connectivity index (χ2v) is 8.33. The Kier molecular flexibility index (Phi) is 7.85. The van der Waals surface area contributed by atoms with Crippen LogP contribution in [0.25, 0.3) is 0 Å². The maximum absolute atomic E-state index is 12.4. The minimum absolute atomic E-state index is 0.0389. The van der Waals surface area contributed by atoms with Gasteiger partial charge in [-0.3, -0.25) is 9.69 Å². The number of aromatic nitrogens is 1. The van der Waals surface area contributed by atoms with Crippen LogP contribution in [0.1, 0.15) is 38.0 Å². The van der Waals surface area contributed by atoms with Gasteiger partial charge in [-0.05, 0) is 17.7 Å². The van der Waals surface area contributed by atoms with Gasteiger partial charge in [0, 0.05) is 26.7 Å². The Morgan fingerprint density at radius 1 is 1.15 bits per heavy atom. The lowest BCUT2D eigenvalue weighted by molar-refractivity contribution is -0.120. The first-order chi connectivity index (χ1) is 15.6. The van der Waals surface area contributed by atoms with Crippen LogP contribution in [-0.4, -0.2) is 70.4 Å². The number of ether oxygens (including phenoxy) is 2. The molecule has 0 bridgehead atoms. The van der Waals surface area contributed by atoms with E-state index in [9.17, 15) is 24.6 Å². The molecule has 4 N–H and O–H groups in total. The van der Waals surface area contributed by atoms with E-state index in [0.717, 1.165) is 4.57 Å². The Balaban J connectivity index is 2.05. The number of nitrogens with two attached hydrogens (primary N) is 1. The molecule has 0 spiro atoms. The highest BCUT2D eigenvalue weighted by Crippen LogP contribution is 2.36. The van der Waals surface area contributed by atoms with Gasteiger partial charge < -0.3 is 30.0 Å². The molecule has 1 atom stereocenters. The summed E-state index contributed by atoms with van der Waals surface area (Å²) in [6, 6.07) is 4.68. The molecule has 33 heavy (non-hydrogen) atoms. The van der Waals surface area contributed by atoms with Gasteiger partial charge in [0.15, 0.2) is 11.4 Å². The number of carbonyl (C=O) groups excluding carboxylic acids is 1. The zero-order valence-electron chi connectivity index (χ0n) is 17.7. The van der Waals surface area contributed by atoms with Gasteiger partial charge in [0.25, 0.3) is 0 Å². The molecule has 2 heterocycles. The topological polar surface area (TPSA) is 144 Å². The molecule has 1 aromatic carbocycles. The number of nitrogens with zero attached hydrogens (tertiary/aromatic N) is 2. The highest BCUT2D eigenvalue weighted by molar-refractivity contribution is 6.42. The number of hydrogen-bond acceptors (Lipinski definition) is 6. The zero-order valence-corrected chi connectivity index (χ0v) is 19.2. The summed E-state index contributed by atoms with van der Waals surface area (Å²) in [7, 11) is 1.37. The van der Waals surface area contributed by atoms with Gasteiger partial charge in [-0.25, -0.2) is 9.59 Å². The third kappa shape index (κ3) is 5.41. The fraction of sp³-hybridized carbons (Fsp3) is 0.381. The Bertz CT molecular complexity index is 1080. The molecule has 12 heteroatoms. The predicted octanol–water partition coefficient (Wildman–Crippen LogP) is 2.21. The van der Waals surface area contributed by atoms with Crippen LogP contribution in [0.15, 0.2) is 18.2 Å². The molecule has 1 fully saturated rings. The van der Waals surface area contributed by atoms with Crippen LogP contribution in [0.5, 0.6) is 5.75 Å². The molecule has 3 rings (SSSR count). The van der Waals surface area contributed by atoms with Crippen LogP contribution < -0.4 is 10.5 Å². The summed E-state index contributed by atoms with van der Waals surface area (Å²) >= 11 is 11.9.